The second kappa shape index (κ2) is 10.8. The summed E-state index contributed by atoms with van der Waals surface area (Å²) in [6.07, 6.45) is 0. The van der Waals surface area contributed by atoms with Gasteiger partial charge >= 0.3 is 0 Å². The Labute approximate surface area is 219 Å². The molecule has 190 valence electrons. The molecule has 3 aromatic carbocycles. The largest absolute Gasteiger partial charge is 0.483 e. The first-order valence-electron chi connectivity index (χ1n) is 12.4. The van der Waals surface area contributed by atoms with E-state index >= 15 is 0 Å². The monoisotopic (exact) mass is 516 g/mol. The lowest BCUT2D eigenvalue weighted by Gasteiger charge is -2.27. The van der Waals surface area contributed by atoms with Gasteiger partial charge in [-0.05, 0) is 46.8 Å². The number of hydrogen-bond donors (Lipinski definition) is 1. The summed E-state index contributed by atoms with van der Waals surface area (Å²) < 4.78 is 23.6. The van der Waals surface area contributed by atoms with E-state index < -0.39 is 0 Å². The van der Waals surface area contributed by atoms with Gasteiger partial charge in [-0.15, -0.1) is 11.3 Å². The maximum absolute atomic E-state index is 12.6. The molecule has 1 N–H and O–H groups in total. The summed E-state index contributed by atoms with van der Waals surface area (Å²) >= 11 is 1.75. The average molecular weight is 517 g/mol. The molecule has 4 aromatic rings. The molecule has 1 saturated heterocycles. The topological polar surface area (TPSA) is 69.3 Å². The van der Waals surface area contributed by atoms with E-state index in [0.717, 1.165) is 61.0 Å². The summed E-state index contributed by atoms with van der Waals surface area (Å²) in [6, 6.07) is 20.4. The zero-order chi connectivity index (χ0) is 25.0. The van der Waals surface area contributed by atoms with Crippen LogP contribution in [0.2, 0.25) is 0 Å². The van der Waals surface area contributed by atoms with Crippen LogP contribution in [0.5, 0.6) is 17.2 Å². The second-order valence-electron chi connectivity index (χ2n) is 9.11. The maximum atomic E-state index is 12.6. The molecule has 1 fully saturated rings. The molecule has 1 aromatic heterocycles. The summed E-state index contributed by atoms with van der Waals surface area (Å²) in [5.74, 6) is 1.98. The number of fused-ring (bicyclic) bond motifs is 2. The molecule has 0 radical (unpaired) electrons. The fourth-order valence-electron chi connectivity index (χ4n) is 4.66. The average Bonchev–Trinajstić information content (AvgIpc) is 3.58. The molecule has 6 rings (SSSR count). The molecule has 1 amide bonds. The van der Waals surface area contributed by atoms with Crippen LogP contribution in [0.1, 0.15) is 11.1 Å². The fraction of sp³-hybridized carbons (Fsp3) is 0.276. The Kier molecular flexibility index (Phi) is 6.94. The first kappa shape index (κ1) is 23.8. The van der Waals surface area contributed by atoms with E-state index in [0.29, 0.717) is 12.3 Å². The molecule has 2 aliphatic heterocycles. The van der Waals surface area contributed by atoms with Gasteiger partial charge < -0.3 is 24.3 Å². The maximum Gasteiger partial charge on any atom is 0.258 e. The number of carbonyl (C=O) groups is 1. The van der Waals surface area contributed by atoms with Gasteiger partial charge in [0, 0.05) is 47.4 Å². The number of amides is 1. The van der Waals surface area contributed by atoms with Crippen molar-refractivity contribution in [1.29, 1.82) is 0 Å². The molecule has 0 atom stereocenters. The number of rotatable bonds is 8. The van der Waals surface area contributed by atoms with E-state index in [2.05, 4.69) is 52.0 Å². The van der Waals surface area contributed by atoms with Crippen LogP contribution in [-0.2, 0) is 22.6 Å². The van der Waals surface area contributed by atoms with E-state index in [1.54, 1.807) is 11.3 Å². The van der Waals surface area contributed by atoms with Crippen molar-refractivity contribution in [2.45, 2.75) is 13.1 Å². The highest BCUT2D eigenvalue weighted by Crippen LogP contribution is 2.36. The molecule has 37 heavy (non-hydrogen) atoms. The number of nitrogens with one attached hydrogen (secondary N) is 1. The third-order valence-electron chi connectivity index (χ3n) is 6.64. The Morgan fingerprint density at radius 1 is 1.00 bits per heavy atom. The highest BCUT2D eigenvalue weighted by Gasteiger charge is 2.17. The number of morpholine rings is 1. The van der Waals surface area contributed by atoms with E-state index in [4.69, 9.17) is 18.9 Å². The Morgan fingerprint density at radius 3 is 2.78 bits per heavy atom. The molecule has 0 aliphatic carbocycles. The van der Waals surface area contributed by atoms with Crippen molar-refractivity contribution in [3.8, 4) is 28.4 Å². The van der Waals surface area contributed by atoms with Crippen molar-refractivity contribution in [3.05, 3.63) is 77.2 Å². The van der Waals surface area contributed by atoms with Gasteiger partial charge in [0.1, 0.15) is 5.75 Å². The van der Waals surface area contributed by atoms with E-state index in [1.807, 2.05) is 24.3 Å². The summed E-state index contributed by atoms with van der Waals surface area (Å²) in [6.45, 7) is 4.52. The minimum absolute atomic E-state index is 0.0542. The molecular weight excluding hydrogens is 488 g/mol. The third kappa shape index (κ3) is 5.41. The van der Waals surface area contributed by atoms with Gasteiger partial charge in [0.25, 0.3) is 5.91 Å². The molecule has 8 heteroatoms. The Bertz CT molecular complexity index is 1410. The molecule has 0 saturated carbocycles. The van der Waals surface area contributed by atoms with E-state index in [1.165, 1.54) is 15.6 Å². The van der Waals surface area contributed by atoms with Crippen molar-refractivity contribution < 1.29 is 23.7 Å². The third-order valence-corrected chi connectivity index (χ3v) is 7.60. The second-order valence-corrected chi connectivity index (χ2v) is 10.0. The number of hydrogen-bond acceptors (Lipinski definition) is 7. The molecule has 0 unspecified atom stereocenters. The Balaban J connectivity index is 1.16. The lowest BCUT2D eigenvalue weighted by Crippen LogP contribution is -2.35. The standard InChI is InChI=1S/C29H28N2O5S/c32-29(30-15-20-5-7-26-27(13-20)36-19-35-26)17-34-25-8-6-21(14-22(25)16-31-9-11-33-12-10-31)24-18-37-28-4-2-1-3-23(24)28/h1-8,13-14,18H,9-12,15-17,19H2,(H,30,32). The summed E-state index contributed by atoms with van der Waals surface area (Å²) in [5.41, 5.74) is 4.38. The van der Waals surface area contributed by atoms with Crippen LogP contribution in [0.4, 0.5) is 0 Å². The highest BCUT2D eigenvalue weighted by molar-refractivity contribution is 7.17. The van der Waals surface area contributed by atoms with Crippen molar-refractivity contribution in [2.75, 3.05) is 39.7 Å². The zero-order valence-corrected chi connectivity index (χ0v) is 21.2. The van der Waals surface area contributed by atoms with Crippen LogP contribution in [-0.4, -0.2) is 50.5 Å². The Hall–Kier alpha value is -3.59. The summed E-state index contributed by atoms with van der Waals surface area (Å²) in [5, 5.41) is 6.39. The van der Waals surface area contributed by atoms with Crippen LogP contribution in [0, 0.1) is 0 Å². The normalized spacial score (nSPS) is 15.1. The van der Waals surface area contributed by atoms with E-state index in [-0.39, 0.29) is 19.3 Å². The van der Waals surface area contributed by atoms with Crippen LogP contribution in [0.25, 0.3) is 21.2 Å². The quantitative estimate of drug-likeness (QED) is 0.362. The summed E-state index contributed by atoms with van der Waals surface area (Å²) in [4.78, 5) is 15.0. The minimum Gasteiger partial charge on any atom is -0.483 e. The first-order valence-corrected chi connectivity index (χ1v) is 13.3. The minimum atomic E-state index is -0.178. The van der Waals surface area contributed by atoms with Gasteiger partial charge in [0.05, 0.1) is 13.2 Å². The zero-order valence-electron chi connectivity index (χ0n) is 20.4. The van der Waals surface area contributed by atoms with Gasteiger partial charge in [-0.2, -0.15) is 0 Å². The SMILES string of the molecule is O=C(COc1ccc(-c2csc3ccccc23)cc1CN1CCOCC1)NCc1ccc2c(c1)OCO2. The molecule has 3 heterocycles. The van der Waals surface area contributed by atoms with Gasteiger partial charge in [0.2, 0.25) is 6.79 Å². The predicted molar refractivity (Wildman–Crippen MR) is 143 cm³/mol. The van der Waals surface area contributed by atoms with Crippen LogP contribution >= 0.6 is 11.3 Å². The number of carbonyl (C=O) groups excluding carboxylic acids is 1. The summed E-state index contributed by atoms with van der Waals surface area (Å²) in [7, 11) is 0. The van der Waals surface area contributed by atoms with Crippen molar-refractivity contribution in [3.63, 3.8) is 0 Å². The molecular formula is C29H28N2O5S. The van der Waals surface area contributed by atoms with Crippen molar-refractivity contribution in [1.82, 2.24) is 10.2 Å². The number of benzene rings is 3. The van der Waals surface area contributed by atoms with Crippen LogP contribution < -0.4 is 19.5 Å². The van der Waals surface area contributed by atoms with Crippen LogP contribution in [0.15, 0.2) is 66.0 Å². The Morgan fingerprint density at radius 2 is 1.86 bits per heavy atom. The fourth-order valence-corrected chi connectivity index (χ4v) is 5.63. The molecule has 7 nitrogen and oxygen atoms in total. The number of thiophene rings is 1. The molecule has 0 spiro atoms. The molecule has 2 aliphatic rings. The lowest BCUT2D eigenvalue weighted by atomic mass is 10.0. The van der Waals surface area contributed by atoms with Gasteiger partial charge in [-0.3, -0.25) is 9.69 Å². The predicted octanol–water partition coefficient (Wildman–Crippen LogP) is 4.82. The number of ether oxygens (including phenoxy) is 4. The van der Waals surface area contributed by atoms with E-state index in [9.17, 15) is 4.79 Å². The molecule has 0 bridgehead atoms. The van der Waals surface area contributed by atoms with Crippen LogP contribution in [0.3, 0.4) is 0 Å². The first-order chi connectivity index (χ1) is 18.2. The van der Waals surface area contributed by atoms with Crippen molar-refractivity contribution >= 4 is 27.3 Å². The van der Waals surface area contributed by atoms with Crippen molar-refractivity contribution in [2.24, 2.45) is 0 Å². The smallest absolute Gasteiger partial charge is 0.258 e. The lowest BCUT2D eigenvalue weighted by molar-refractivity contribution is -0.123. The van der Waals surface area contributed by atoms with Gasteiger partial charge in [0.15, 0.2) is 18.1 Å². The number of nitrogens with zero attached hydrogens (tertiary/aromatic N) is 1. The van der Waals surface area contributed by atoms with Gasteiger partial charge in [-0.1, -0.05) is 30.3 Å². The highest BCUT2D eigenvalue weighted by atomic mass is 32.1. The van der Waals surface area contributed by atoms with Gasteiger partial charge in [-0.25, -0.2) is 0 Å².